The topological polar surface area (TPSA) is 20.3 Å². The van der Waals surface area contributed by atoms with Gasteiger partial charge in [-0.05, 0) is 26.7 Å². The quantitative estimate of drug-likeness (QED) is 0.619. The van der Waals surface area contributed by atoms with E-state index in [2.05, 4.69) is 13.8 Å². The molecule has 0 aromatic rings. The third kappa shape index (κ3) is 1.99. The van der Waals surface area contributed by atoms with Crippen LogP contribution < -0.4 is 0 Å². The van der Waals surface area contributed by atoms with E-state index in [-0.39, 0.29) is 0 Å². The fourth-order valence-electron chi connectivity index (χ4n) is 1.72. The van der Waals surface area contributed by atoms with Gasteiger partial charge in [0, 0.05) is 19.0 Å². The number of hydrogen-bond acceptors (Lipinski definition) is 1. The molecule has 0 saturated heterocycles. The fraction of sp³-hybridized carbons (Fsp3) is 0.900. The number of carbonyl (C=O) groups is 1. The van der Waals surface area contributed by atoms with Crippen LogP contribution in [0.5, 0.6) is 0 Å². The summed E-state index contributed by atoms with van der Waals surface area (Å²) in [5.41, 5.74) is 0. The van der Waals surface area contributed by atoms with E-state index in [0.717, 1.165) is 12.8 Å². The van der Waals surface area contributed by atoms with E-state index in [1.54, 1.807) is 0 Å². The Morgan fingerprint density at radius 2 is 1.83 bits per heavy atom. The van der Waals surface area contributed by atoms with E-state index in [9.17, 15) is 4.79 Å². The highest BCUT2D eigenvalue weighted by molar-refractivity contribution is 5.79. The van der Waals surface area contributed by atoms with Gasteiger partial charge in [-0.15, -0.1) is 0 Å². The highest BCUT2D eigenvalue weighted by Crippen LogP contribution is 2.26. The van der Waals surface area contributed by atoms with Crippen LogP contribution in [0.15, 0.2) is 0 Å². The van der Waals surface area contributed by atoms with Gasteiger partial charge in [0.25, 0.3) is 0 Å². The predicted octanol–water partition coefficient (Wildman–Crippen LogP) is 2.04. The number of rotatable bonds is 2. The molecule has 0 N–H and O–H groups in total. The van der Waals surface area contributed by atoms with Crippen LogP contribution in [0.4, 0.5) is 0 Å². The van der Waals surface area contributed by atoms with Gasteiger partial charge in [-0.3, -0.25) is 4.79 Å². The minimum atomic E-state index is 0.331. The van der Waals surface area contributed by atoms with E-state index in [1.807, 2.05) is 11.9 Å². The summed E-state index contributed by atoms with van der Waals surface area (Å²) in [6, 6.07) is 0.345. The average molecular weight is 169 g/mol. The third-order valence-electron chi connectivity index (χ3n) is 2.83. The molecule has 1 rings (SSSR count). The number of carbonyl (C=O) groups excluding carboxylic acids is 1. The Bertz CT molecular complexity index is 155. The monoisotopic (exact) mass is 169 g/mol. The van der Waals surface area contributed by atoms with Crippen molar-refractivity contribution in [2.24, 2.45) is 5.92 Å². The average Bonchev–Trinajstić information content (AvgIpc) is 2.53. The van der Waals surface area contributed by atoms with E-state index < -0.39 is 0 Å². The zero-order chi connectivity index (χ0) is 9.14. The summed E-state index contributed by atoms with van der Waals surface area (Å²) in [5.74, 6) is 0.680. The van der Waals surface area contributed by atoms with Crippen molar-refractivity contribution in [3.63, 3.8) is 0 Å². The van der Waals surface area contributed by atoms with Gasteiger partial charge in [0.2, 0.25) is 5.91 Å². The lowest BCUT2D eigenvalue weighted by atomic mass is 10.1. The van der Waals surface area contributed by atoms with Crippen LogP contribution in [0.25, 0.3) is 0 Å². The zero-order valence-corrected chi connectivity index (χ0v) is 8.34. The van der Waals surface area contributed by atoms with Crippen LogP contribution in [-0.2, 0) is 4.79 Å². The van der Waals surface area contributed by atoms with Crippen molar-refractivity contribution < 1.29 is 4.79 Å². The molecule has 1 saturated carbocycles. The Balaban J connectivity index is 2.45. The summed E-state index contributed by atoms with van der Waals surface area (Å²) in [6.07, 6.45) is 4.69. The van der Waals surface area contributed by atoms with Gasteiger partial charge in [0.1, 0.15) is 0 Å². The standard InChI is InChI=1S/C10H19NO/c1-8(2)11(3)10(12)9-6-4-5-7-9/h8-9H,4-7H2,1-3H3. The summed E-state index contributed by atoms with van der Waals surface area (Å²) in [4.78, 5) is 13.6. The minimum Gasteiger partial charge on any atom is -0.343 e. The second kappa shape index (κ2) is 3.92. The maximum atomic E-state index is 11.7. The molecule has 2 heteroatoms. The Morgan fingerprint density at radius 1 is 1.33 bits per heavy atom. The second-order valence-corrected chi connectivity index (χ2v) is 4.02. The Kier molecular flexibility index (Phi) is 3.12. The SMILES string of the molecule is CC(C)N(C)C(=O)C1CCCC1. The molecule has 1 fully saturated rings. The van der Waals surface area contributed by atoms with Crippen molar-refractivity contribution in [2.45, 2.75) is 45.6 Å². The molecule has 12 heavy (non-hydrogen) atoms. The van der Waals surface area contributed by atoms with Crippen LogP contribution in [0.2, 0.25) is 0 Å². The summed E-state index contributed by atoms with van der Waals surface area (Å²) in [5, 5.41) is 0. The van der Waals surface area contributed by atoms with E-state index in [1.165, 1.54) is 12.8 Å². The first kappa shape index (κ1) is 9.56. The van der Waals surface area contributed by atoms with Gasteiger partial charge in [-0.25, -0.2) is 0 Å². The molecule has 0 aromatic heterocycles. The molecule has 0 aromatic carbocycles. The first-order valence-electron chi connectivity index (χ1n) is 4.89. The first-order chi connectivity index (χ1) is 5.63. The molecular weight excluding hydrogens is 150 g/mol. The van der Waals surface area contributed by atoms with Crippen LogP contribution in [0.3, 0.4) is 0 Å². The summed E-state index contributed by atoms with van der Waals surface area (Å²) < 4.78 is 0. The van der Waals surface area contributed by atoms with Crippen molar-refractivity contribution in [1.82, 2.24) is 4.90 Å². The molecule has 0 heterocycles. The van der Waals surface area contributed by atoms with E-state index >= 15 is 0 Å². The molecule has 1 aliphatic carbocycles. The molecule has 0 unspecified atom stereocenters. The van der Waals surface area contributed by atoms with Crippen molar-refractivity contribution in [3.8, 4) is 0 Å². The Morgan fingerprint density at radius 3 is 2.25 bits per heavy atom. The van der Waals surface area contributed by atoms with Gasteiger partial charge in [-0.1, -0.05) is 12.8 Å². The first-order valence-corrected chi connectivity index (χ1v) is 4.89. The van der Waals surface area contributed by atoms with Gasteiger partial charge in [0.15, 0.2) is 0 Å². The molecule has 0 radical (unpaired) electrons. The highest BCUT2D eigenvalue weighted by atomic mass is 16.2. The summed E-state index contributed by atoms with van der Waals surface area (Å²) >= 11 is 0. The van der Waals surface area contributed by atoms with Crippen LogP contribution >= 0.6 is 0 Å². The van der Waals surface area contributed by atoms with Crippen molar-refractivity contribution >= 4 is 5.91 Å². The van der Waals surface area contributed by atoms with Gasteiger partial charge >= 0.3 is 0 Å². The fourth-order valence-corrected chi connectivity index (χ4v) is 1.72. The number of nitrogens with zero attached hydrogens (tertiary/aromatic N) is 1. The van der Waals surface area contributed by atoms with E-state index in [0.29, 0.717) is 17.9 Å². The van der Waals surface area contributed by atoms with Gasteiger partial charge < -0.3 is 4.90 Å². The lowest BCUT2D eigenvalue weighted by molar-refractivity contribution is -0.135. The molecule has 70 valence electrons. The maximum absolute atomic E-state index is 11.7. The second-order valence-electron chi connectivity index (χ2n) is 4.02. The third-order valence-corrected chi connectivity index (χ3v) is 2.83. The van der Waals surface area contributed by atoms with Crippen LogP contribution in [0, 0.1) is 5.92 Å². The number of hydrogen-bond donors (Lipinski definition) is 0. The summed E-state index contributed by atoms with van der Waals surface area (Å²) in [6.45, 7) is 4.12. The largest absolute Gasteiger partial charge is 0.343 e. The highest BCUT2D eigenvalue weighted by Gasteiger charge is 2.26. The van der Waals surface area contributed by atoms with Crippen LogP contribution in [0.1, 0.15) is 39.5 Å². The molecule has 2 nitrogen and oxygen atoms in total. The normalized spacial score (nSPS) is 18.7. The summed E-state index contributed by atoms with van der Waals surface area (Å²) in [7, 11) is 1.91. The molecule has 0 bridgehead atoms. The minimum absolute atomic E-state index is 0.331. The lowest BCUT2D eigenvalue weighted by Crippen LogP contribution is -2.36. The molecule has 1 amide bonds. The van der Waals surface area contributed by atoms with Gasteiger partial charge in [-0.2, -0.15) is 0 Å². The van der Waals surface area contributed by atoms with Crippen molar-refractivity contribution in [1.29, 1.82) is 0 Å². The molecular formula is C10H19NO. The maximum Gasteiger partial charge on any atom is 0.225 e. The lowest BCUT2D eigenvalue weighted by Gasteiger charge is -2.24. The van der Waals surface area contributed by atoms with Crippen molar-refractivity contribution in [3.05, 3.63) is 0 Å². The Labute approximate surface area is 74.9 Å². The van der Waals surface area contributed by atoms with Gasteiger partial charge in [0.05, 0.1) is 0 Å². The Hall–Kier alpha value is -0.530. The van der Waals surface area contributed by atoms with E-state index in [4.69, 9.17) is 0 Å². The molecule has 0 spiro atoms. The molecule has 1 aliphatic rings. The predicted molar refractivity (Wildman–Crippen MR) is 49.9 cm³/mol. The van der Waals surface area contributed by atoms with Crippen LogP contribution in [-0.4, -0.2) is 23.9 Å². The zero-order valence-electron chi connectivity index (χ0n) is 8.34. The molecule has 0 aliphatic heterocycles. The smallest absolute Gasteiger partial charge is 0.225 e. The number of amides is 1. The molecule has 0 atom stereocenters. The van der Waals surface area contributed by atoms with Crippen molar-refractivity contribution in [2.75, 3.05) is 7.05 Å².